The number of carbonyl (C=O) groups excluding carboxylic acids is 1. The van der Waals surface area contributed by atoms with Crippen molar-refractivity contribution < 1.29 is 19.8 Å². The Balaban J connectivity index is 1.90. The van der Waals surface area contributed by atoms with Gasteiger partial charge in [0, 0.05) is 11.7 Å². The molecule has 6 nitrogen and oxygen atoms in total. The molecule has 108 valence electrons. The normalized spacial score (nSPS) is 15.2. The third kappa shape index (κ3) is 3.71. The predicted molar refractivity (Wildman–Crippen MR) is 74.0 cm³/mol. The summed E-state index contributed by atoms with van der Waals surface area (Å²) in [6.07, 6.45) is 4.57. The first-order chi connectivity index (χ1) is 9.56. The van der Waals surface area contributed by atoms with Crippen molar-refractivity contribution in [3.05, 3.63) is 23.8 Å². The minimum Gasteiger partial charge on any atom is -0.507 e. The Morgan fingerprint density at radius 3 is 2.60 bits per heavy atom. The lowest BCUT2D eigenvalue weighted by Crippen LogP contribution is -2.34. The Morgan fingerprint density at radius 1 is 1.25 bits per heavy atom. The molecule has 1 aliphatic carbocycles. The average molecular weight is 278 g/mol. The van der Waals surface area contributed by atoms with Gasteiger partial charge < -0.3 is 20.8 Å². The van der Waals surface area contributed by atoms with Crippen molar-refractivity contribution >= 4 is 17.6 Å². The fourth-order valence-corrected chi connectivity index (χ4v) is 2.36. The molecule has 0 radical (unpaired) electrons. The van der Waals surface area contributed by atoms with Gasteiger partial charge in [0.1, 0.15) is 11.3 Å². The van der Waals surface area contributed by atoms with E-state index in [4.69, 9.17) is 5.11 Å². The van der Waals surface area contributed by atoms with Crippen LogP contribution in [0.3, 0.4) is 0 Å². The van der Waals surface area contributed by atoms with E-state index in [9.17, 15) is 14.7 Å². The highest BCUT2D eigenvalue weighted by Crippen LogP contribution is 2.21. The van der Waals surface area contributed by atoms with Crippen molar-refractivity contribution in [2.45, 2.75) is 31.7 Å². The van der Waals surface area contributed by atoms with E-state index < -0.39 is 5.97 Å². The van der Waals surface area contributed by atoms with Gasteiger partial charge in [-0.2, -0.15) is 0 Å². The van der Waals surface area contributed by atoms with Crippen LogP contribution in [0.2, 0.25) is 0 Å². The molecule has 0 heterocycles. The summed E-state index contributed by atoms with van der Waals surface area (Å²) < 4.78 is 0. The van der Waals surface area contributed by atoms with Gasteiger partial charge in [0.15, 0.2) is 0 Å². The maximum atomic E-state index is 11.8. The van der Waals surface area contributed by atoms with E-state index in [1.807, 2.05) is 0 Å². The SMILES string of the molecule is O=C(CNC1CCCC1)Nc1ccc(O)c(C(=O)O)c1. The molecule has 0 saturated heterocycles. The molecule has 4 N–H and O–H groups in total. The van der Waals surface area contributed by atoms with Crippen molar-refractivity contribution in [3.8, 4) is 5.75 Å². The van der Waals surface area contributed by atoms with Gasteiger partial charge in [-0.1, -0.05) is 12.8 Å². The maximum absolute atomic E-state index is 11.8. The smallest absolute Gasteiger partial charge is 0.339 e. The summed E-state index contributed by atoms with van der Waals surface area (Å²) in [4.78, 5) is 22.6. The van der Waals surface area contributed by atoms with Gasteiger partial charge in [-0.25, -0.2) is 4.79 Å². The van der Waals surface area contributed by atoms with Gasteiger partial charge in [0.05, 0.1) is 6.54 Å². The summed E-state index contributed by atoms with van der Waals surface area (Å²) in [6.45, 7) is 0.202. The molecule has 1 aromatic carbocycles. The number of rotatable bonds is 5. The molecule has 0 atom stereocenters. The minimum absolute atomic E-state index is 0.202. The summed E-state index contributed by atoms with van der Waals surface area (Å²) in [5.41, 5.74) is 0.130. The molecular formula is C14H18N2O4. The quantitative estimate of drug-likeness (QED) is 0.613. The number of hydrogen-bond donors (Lipinski definition) is 4. The molecule has 2 rings (SSSR count). The highest BCUT2D eigenvalue weighted by atomic mass is 16.4. The second-order valence-electron chi connectivity index (χ2n) is 4.95. The fourth-order valence-electron chi connectivity index (χ4n) is 2.36. The molecule has 0 aliphatic heterocycles. The van der Waals surface area contributed by atoms with Gasteiger partial charge in [0.2, 0.25) is 5.91 Å². The molecule has 6 heteroatoms. The highest BCUT2D eigenvalue weighted by Gasteiger charge is 2.16. The van der Waals surface area contributed by atoms with E-state index in [1.54, 1.807) is 0 Å². The number of hydrogen-bond acceptors (Lipinski definition) is 4. The van der Waals surface area contributed by atoms with Crippen LogP contribution in [0.25, 0.3) is 0 Å². The summed E-state index contributed by atoms with van der Waals surface area (Å²) in [6, 6.07) is 4.36. The zero-order valence-corrected chi connectivity index (χ0v) is 11.1. The number of carboxylic acids is 1. The number of nitrogens with one attached hydrogen (secondary N) is 2. The number of carboxylic acid groups (broad SMARTS) is 1. The van der Waals surface area contributed by atoms with Crippen LogP contribution in [0.5, 0.6) is 5.75 Å². The summed E-state index contributed by atoms with van der Waals surface area (Å²) in [5, 5.41) is 24.1. The Bertz CT molecular complexity index is 510. The van der Waals surface area contributed by atoms with Crippen LogP contribution < -0.4 is 10.6 Å². The zero-order valence-electron chi connectivity index (χ0n) is 11.1. The first-order valence-corrected chi connectivity index (χ1v) is 6.66. The lowest BCUT2D eigenvalue weighted by Gasteiger charge is -2.12. The lowest BCUT2D eigenvalue weighted by molar-refractivity contribution is -0.115. The second kappa shape index (κ2) is 6.38. The fraction of sp³-hybridized carbons (Fsp3) is 0.429. The number of aromatic hydroxyl groups is 1. The highest BCUT2D eigenvalue weighted by molar-refractivity contribution is 5.96. The van der Waals surface area contributed by atoms with Crippen molar-refractivity contribution in [1.29, 1.82) is 0 Å². The largest absolute Gasteiger partial charge is 0.507 e. The van der Waals surface area contributed by atoms with E-state index in [0.717, 1.165) is 12.8 Å². The number of anilines is 1. The maximum Gasteiger partial charge on any atom is 0.339 e. The Labute approximate surface area is 116 Å². The third-order valence-corrected chi connectivity index (χ3v) is 3.42. The minimum atomic E-state index is -1.23. The molecule has 0 aromatic heterocycles. The van der Waals surface area contributed by atoms with E-state index in [0.29, 0.717) is 11.7 Å². The van der Waals surface area contributed by atoms with Gasteiger partial charge in [-0.15, -0.1) is 0 Å². The topological polar surface area (TPSA) is 98.7 Å². The number of aromatic carboxylic acids is 1. The lowest BCUT2D eigenvalue weighted by atomic mass is 10.2. The molecule has 1 aromatic rings. The van der Waals surface area contributed by atoms with Crippen LogP contribution in [0.4, 0.5) is 5.69 Å². The molecule has 20 heavy (non-hydrogen) atoms. The average Bonchev–Trinajstić information content (AvgIpc) is 2.91. The molecule has 0 unspecified atom stereocenters. The van der Waals surface area contributed by atoms with Crippen molar-refractivity contribution in [2.75, 3.05) is 11.9 Å². The van der Waals surface area contributed by atoms with E-state index in [-0.39, 0.29) is 23.8 Å². The molecule has 1 aliphatic rings. The molecule has 0 bridgehead atoms. The van der Waals surface area contributed by atoms with Crippen LogP contribution in [0, 0.1) is 0 Å². The zero-order chi connectivity index (χ0) is 14.5. The molecular weight excluding hydrogens is 260 g/mol. The number of carbonyl (C=O) groups is 2. The summed E-state index contributed by atoms with van der Waals surface area (Å²) in [7, 11) is 0. The molecule has 1 fully saturated rings. The van der Waals surface area contributed by atoms with Crippen molar-refractivity contribution in [2.24, 2.45) is 0 Å². The van der Waals surface area contributed by atoms with Crippen molar-refractivity contribution in [3.63, 3.8) is 0 Å². The van der Waals surface area contributed by atoms with Crippen LogP contribution in [-0.4, -0.2) is 34.7 Å². The Kier molecular flexibility index (Phi) is 4.57. The van der Waals surface area contributed by atoms with E-state index >= 15 is 0 Å². The van der Waals surface area contributed by atoms with Gasteiger partial charge in [-0.3, -0.25) is 4.79 Å². The van der Waals surface area contributed by atoms with E-state index in [2.05, 4.69) is 10.6 Å². The number of phenols is 1. The Hall–Kier alpha value is -2.08. The van der Waals surface area contributed by atoms with Crippen LogP contribution in [-0.2, 0) is 4.79 Å². The first-order valence-electron chi connectivity index (χ1n) is 6.66. The Morgan fingerprint density at radius 2 is 1.95 bits per heavy atom. The summed E-state index contributed by atoms with van der Waals surface area (Å²) in [5.74, 6) is -1.78. The van der Waals surface area contributed by atoms with E-state index in [1.165, 1.54) is 31.0 Å². The van der Waals surface area contributed by atoms with Crippen LogP contribution >= 0.6 is 0 Å². The molecule has 0 spiro atoms. The standard InChI is InChI=1S/C14H18N2O4/c17-12-6-5-10(7-11(12)14(19)20)16-13(18)8-15-9-3-1-2-4-9/h5-7,9,15,17H,1-4,8H2,(H,16,18)(H,19,20). The third-order valence-electron chi connectivity index (χ3n) is 3.42. The number of amides is 1. The van der Waals surface area contributed by atoms with Gasteiger partial charge >= 0.3 is 5.97 Å². The van der Waals surface area contributed by atoms with Crippen molar-refractivity contribution in [1.82, 2.24) is 5.32 Å². The molecule has 1 saturated carbocycles. The van der Waals surface area contributed by atoms with Crippen LogP contribution in [0.1, 0.15) is 36.0 Å². The van der Waals surface area contributed by atoms with Gasteiger partial charge in [-0.05, 0) is 31.0 Å². The second-order valence-corrected chi connectivity index (χ2v) is 4.95. The first kappa shape index (κ1) is 14.3. The number of benzene rings is 1. The molecule has 1 amide bonds. The predicted octanol–water partition coefficient (Wildman–Crippen LogP) is 1.56. The van der Waals surface area contributed by atoms with Crippen LogP contribution in [0.15, 0.2) is 18.2 Å². The monoisotopic (exact) mass is 278 g/mol. The van der Waals surface area contributed by atoms with Gasteiger partial charge in [0.25, 0.3) is 0 Å². The summed E-state index contributed by atoms with van der Waals surface area (Å²) >= 11 is 0.